The van der Waals surface area contributed by atoms with E-state index in [4.69, 9.17) is 9.47 Å². The Morgan fingerprint density at radius 1 is 1.00 bits per heavy atom. The Bertz CT molecular complexity index is 745. The molecule has 4 nitrogen and oxygen atoms in total. The molecule has 1 N–H and O–H groups in total. The zero-order chi connectivity index (χ0) is 20.7. The third-order valence-corrected chi connectivity index (χ3v) is 4.57. The van der Waals surface area contributed by atoms with Gasteiger partial charge in [-0.15, -0.1) is 0 Å². The Hall–Kier alpha value is -2.49. The first-order valence-corrected chi connectivity index (χ1v) is 9.96. The number of hydrogen-bond donors (Lipinski definition) is 1. The number of nitrogens with one attached hydrogen (secondary N) is 1. The molecule has 0 aliphatic rings. The summed E-state index contributed by atoms with van der Waals surface area (Å²) in [6.45, 7) is 12.8. The molecule has 2 aromatic rings. The SMILES string of the molecule is CC[C@H](Oc1ccc(C(C)(C)C)cc1)C(=O)N[C@H](C)COc1ccc(C)cc1. The summed E-state index contributed by atoms with van der Waals surface area (Å²) in [5.74, 6) is 1.38. The van der Waals surface area contributed by atoms with Gasteiger partial charge in [0.2, 0.25) is 0 Å². The standard InChI is InChI=1S/C24H33NO3/c1-7-22(28-21-14-10-19(11-15-21)24(4,5)6)23(26)25-18(3)16-27-20-12-8-17(2)9-13-20/h8-15,18,22H,7,16H2,1-6H3,(H,25,26)/t18-,22+/m1/s1. The molecule has 0 spiro atoms. The molecule has 0 aliphatic heterocycles. The summed E-state index contributed by atoms with van der Waals surface area (Å²) in [6, 6.07) is 15.7. The van der Waals surface area contributed by atoms with E-state index in [-0.39, 0.29) is 17.4 Å². The van der Waals surface area contributed by atoms with Crippen LogP contribution in [0.1, 0.15) is 52.2 Å². The largest absolute Gasteiger partial charge is 0.491 e. The minimum absolute atomic E-state index is 0.0902. The van der Waals surface area contributed by atoms with Crippen molar-refractivity contribution < 1.29 is 14.3 Å². The highest BCUT2D eigenvalue weighted by molar-refractivity contribution is 5.81. The van der Waals surface area contributed by atoms with Crippen LogP contribution in [0, 0.1) is 6.92 Å². The monoisotopic (exact) mass is 383 g/mol. The molecule has 1 amide bonds. The lowest BCUT2D eigenvalue weighted by atomic mass is 9.87. The zero-order valence-electron chi connectivity index (χ0n) is 17.9. The predicted molar refractivity (Wildman–Crippen MR) is 114 cm³/mol. The van der Waals surface area contributed by atoms with Gasteiger partial charge in [0, 0.05) is 0 Å². The Kier molecular flexibility index (Phi) is 7.50. The molecule has 28 heavy (non-hydrogen) atoms. The average Bonchev–Trinajstić information content (AvgIpc) is 2.65. The summed E-state index contributed by atoms with van der Waals surface area (Å²) in [5.41, 5.74) is 2.51. The molecule has 0 bridgehead atoms. The highest BCUT2D eigenvalue weighted by atomic mass is 16.5. The fourth-order valence-corrected chi connectivity index (χ4v) is 2.75. The first kappa shape index (κ1) is 21.8. The van der Waals surface area contributed by atoms with E-state index in [1.165, 1.54) is 11.1 Å². The Morgan fingerprint density at radius 2 is 1.57 bits per heavy atom. The topological polar surface area (TPSA) is 47.6 Å². The Morgan fingerprint density at radius 3 is 2.11 bits per heavy atom. The molecule has 0 aliphatic carbocycles. The second-order valence-electron chi connectivity index (χ2n) is 8.32. The number of benzene rings is 2. The number of amides is 1. The number of carbonyl (C=O) groups excluding carboxylic acids is 1. The van der Waals surface area contributed by atoms with Crippen molar-refractivity contribution in [1.29, 1.82) is 0 Å². The van der Waals surface area contributed by atoms with E-state index < -0.39 is 6.10 Å². The molecule has 2 atom stereocenters. The van der Waals surface area contributed by atoms with Gasteiger partial charge in [-0.3, -0.25) is 4.79 Å². The molecule has 0 saturated heterocycles. The maximum Gasteiger partial charge on any atom is 0.261 e. The van der Waals surface area contributed by atoms with Crippen LogP contribution in [0.25, 0.3) is 0 Å². The number of ether oxygens (including phenoxy) is 2. The molecule has 0 radical (unpaired) electrons. The van der Waals surface area contributed by atoms with Crippen molar-refractivity contribution in [2.24, 2.45) is 0 Å². The molecule has 2 rings (SSSR count). The van der Waals surface area contributed by atoms with Crippen molar-refractivity contribution >= 4 is 5.91 Å². The number of carbonyl (C=O) groups is 1. The number of rotatable bonds is 8. The zero-order valence-corrected chi connectivity index (χ0v) is 17.9. The first-order valence-electron chi connectivity index (χ1n) is 9.96. The van der Waals surface area contributed by atoms with Crippen LogP contribution in [0.2, 0.25) is 0 Å². The highest BCUT2D eigenvalue weighted by Gasteiger charge is 2.21. The molecule has 4 heteroatoms. The van der Waals surface area contributed by atoms with Crippen LogP contribution in [0.5, 0.6) is 11.5 Å². The minimum Gasteiger partial charge on any atom is -0.491 e. The van der Waals surface area contributed by atoms with Gasteiger partial charge in [0.25, 0.3) is 5.91 Å². The van der Waals surface area contributed by atoms with Gasteiger partial charge in [-0.05, 0) is 55.5 Å². The van der Waals surface area contributed by atoms with Gasteiger partial charge in [-0.25, -0.2) is 0 Å². The molecule has 0 unspecified atom stereocenters. The maximum absolute atomic E-state index is 12.6. The van der Waals surface area contributed by atoms with Crippen LogP contribution >= 0.6 is 0 Å². The summed E-state index contributed by atoms with van der Waals surface area (Å²) >= 11 is 0. The fraction of sp³-hybridized carbons (Fsp3) is 0.458. The van der Waals surface area contributed by atoms with Crippen LogP contribution in [-0.4, -0.2) is 24.7 Å². The molecular weight excluding hydrogens is 350 g/mol. The number of aryl methyl sites for hydroxylation is 1. The van der Waals surface area contributed by atoms with E-state index in [1.54, 1.807) is 0 Å². The molecular formula is C24H33NO3. The van der Waals surface area contributed by atoms with Crippen LogP contribution in [0.4, 0.5) is 0 Å². The van der Waals surface area contributed by atoms with E-state index in [1.807, 2.05) is 57.2 Å². The lowest BCUT2D eigenvalue weighted by molar-refractivity contribution is -0.128. The second-order valence-corrected chi connectivity index (χ2v) is 8.32. The van der Waals surface area contributed by atoms with Crippen LogP contribution < -0.4 is 14.8 Å². The summed E-state index contributed by atoms with van der Waals surface area (Å²) in [5, 5.41) is 2.98. The average molecular weight is 384 g/mol. The van der Waals surface area contributed by atoms with Gasteiger partial charge in [0.05, 0.1) is 6.04 Å². The van der Waals surface area contributed by atoms with Crippen molar-refractivity contribution in [3.8, 4) is 11.5 Å². The Labute approximate surface area is 169 Å². The molecule has 0 heterocycles. The van der Waals surface area contributed by atoms with E-state index in [9.17, 15) is 4.79 Å². The summed E-state index contributed by atoms with van der Waals surface area (Å²) in [7, 11) is 0. The van der Waals surface area contributed by atoms with Gasteiger partial charge in [0.1, 0.15) is 18.1 Å². The molecule has 0 fully saturated rings. The van der Waals surface area contributed by atoms with Crippen molar-refractivity contribution in [3.05, 3.63) is 59.7 Å². The van der Waals surface area contributed by atoms with Gasteiger partial charge in [0.15, 0.2) is 6.10 Å². The van der Waals surface area contributed by atoms with Gasteiger partial charge >= 0.3 is 0 Å². The lowest BCUT2D eigenvalue weighted by Gasteiger charge is -2.22. The number of hydrogen-bond acceptors (Lipinski definition) is 3. The summed E-state index contributed by atoms with van der Waals surface area (Å²) in [6.07, 6.45) is 0.0700. The first-order chi connectivity index (χ1) is 13.2. The van der Waals surface area contributed by atoms with E-state index in [2.05, 4.69) is 38.2 Å². The van der Waals surface area contributed by atoms with Gasteiger partial charge in [-0.1, -0.05) is 57.5 Å². The summed E-state index contributed by atoms with van der Waals surface area (Å²) in [4.78, 5) is 12.6. The normalized spacial score (nSPS) is 13.5. The van der Waals surface area contributed by atoms with E-state index >= 15 is 0 Å². The van der Waals surface area contributed by atoms with E-state index in [0.29, 0.717) is 18.8 Å². The van der Waals surface area contributed by atoms with Crippen molar-refractivity contribution in [1.82, 2.24) is 5.32 Å². The van der Waals surface area contributed by atoms with Crippen molar-refractivity contribution in [2.45, 2.75) is 65.5 Å². The minimum atomic E-state index is -0.526. The van der Waals surface area contributed by atoms with Crippen LogP contribution in [-0.2, 0) is 10.2 Å². The quantitative estimate of drug-likeness (QED) is 0.695. The van der Waals surface area contributed by atoms with Crippen molar-refractivity contribution in [3.63, 3.8) is 0 Å². The van der Waals surface area contributed by atoms with Crippen LogP contribution in [0.15, 0.2) is 48.5 Å². The third kappa shape index (κ3) is 6.59. The predicted octanol–water partition coefficient (Wildman–Crippen LogP) is 5.03. The van der Waals surface area contributed by atoms with E-state index in [0.717, 1.165) is 5.75 Å². The smallest absolute Gasteiger partial charge is 0.261 e. The molecule has 152 valence electrons. The van der Waals surface area contributed by atoms with Gasteiger partial charge in [-0.2, -0.15) is 0 Å². The molecule has 0 aromatic heterocycles. The van der Waals surface area contributed by atoms with Gasteiger partial charge < -0.3 is 14.8 Å². The van der Waals surface area contributed by atoms with Crippen LogP contribution in [0.3, 0.4) is 0 Å². The molecule has 0 saturated carbocycles. The second kappa shape index (κ2) is 9.63. The highest BCUT2D eigenvalue weighted by Crippen LogP contribution is 2.25. The fourth-order valence-electron chi connectivity index (χ4n) is 2.75. The Balaban J connectivity index is 1.87. The summed E-state index contributed by atoms with van der Waals surface area (Å²) < 4.78 is 11.7. The van der Waals surface area contributed by atoms with Crippen molar-refractivity contribution in [2.75, 3.05) is 6.61 Å². The molecule has 2 aromatic carbocycles. The lowest BCUT2D eigenvalue weighted by Crippen LogP contribution is -2.44. The third-order valence-electron chi connectivity index (χ3n) is 4.57. The maximum atomic E-state index is 12.6.